The smallest absolute Gasteiger partial charge is 0.299 e. The Bertz CT molecular complexity index is 3040. The normalized spacial score (nSPS) is 16.5. The van der Waals surface area contributed by atoms with Crippen LogP contribution in [0.2, 0.25) is 0 Å². The van der Waals surface area contributed by atoms with Crippen molar-refractivity contribution < 1.29 is 8.83 Å². The summed E-state index contributed by atoms with van der Waals surface area (Å²) in [6.45, 7) is 7.02. The third kappa shape index (κ3) is 4.26. The molecule has 6 aromatic heterocycles. The van der Waals surface area contributed by atoms with E-state index in [1.54, 1.807) is 11.3 Å². The second-order valence-corrected chi connectivity index (χ2v) is 18.9. The fraction of sp³-hybridized carbons (Fsp3) is 0.130. The summed E-state index contributed by atoms with van der Waals surface area (Å²) in [6, 6.07) is 44.1. The second-order valence-electron chi connectivity index (χ2n) is 15.1. The Hall–Kier alpha value is -5.96. The van der Waals surface area contributed by atoms with Gasteiger partial charge in [-0.05, 0) is 37.1 Å². The number of aromatic nitrogens is 4. The van der Waals surface area contributed by atoms with Crippen LogP contribution < -0.4 is 10.4 Å². The molecule has 11 rings (SSSR count). The zero-order valence-electron chi connectivity index (χ0n) is 30.3. The first kappa shape index (κ1) is 31.6. The Kier molecular flexibility index (Phi) is 6.59. The number of para-hydroxylation sites is 1. The predicted molar refractivity (Wildman–Crippen MR) is 221 cm³/mol. The van der Waals surface area contributed by atoms with Crippen LogP contribution >= 0.6 is 11.3 Å². The van der Waals surface area contributed by atoms with Crippen LogP contribution in [0.4, 0.5) is 0 Å². The second kappa shape index (κ2) is 11.3. The lowest BCUT2D eigenvalue weighted by atomic mass is 9.68. The molecule has 0 spiro atoms. The van der Waals surface area contributed by atoms with E-state index in [-0.39, 0.29) is 5.41 Å². The predicted octanol–water partition coefficient (Wildman–Crippen LogP) is 9.93. The number of nitrogens with zero attached hydrogens (tertiary/aromatic N) is 4. The quantitative estimate of drug-likeness (QED) is 0.165. The molecule has 1 radical (unpaired) electrons. The lowest BCUT2D eigenvalue weighted by molar-refractivity contribution is 0.385. The van der Waals surface area contributed by atoms with Crippen molar-refractivity contribution in [2.75, 3.05) is 0 Å². The van der Waals surface area contributed by atoms with E-state index in [9.17, 15) is 0 Å². The molecular formula is C46H35N4O2SSi. The summed E-state index contributed by atoms with van der Waals surface area (Å²) >= 11 is 1.70. The van der Waals surface area contributed by atoms with Gasteiger partial charge in [-0.1, -0.05) is 120 Å². The van der Waals surface area contributed by atoms with Crippen LogP contribution in [0.15, 0.2) is 148 Å². The van der Waals surface area contributed by atoms with Crippen molar-refractivity contribution in [1.29, 1.82) is 0 Å². The van der Waals surface area contributed by atoms with E-state index < -0.39 is 13.8 Å². The maximum atomic E-state index is 7.03. The molecule has 0 N–H and O–H groups in total. The number of furan rings is 2. The van der Waals surface area contributed by atoms with Crippen LogP contribution in [0.5, 0.6) is 0 Å². The largest absolute Gasteiger partial charge is 0.429 e. The summed E-state index contributed by atoms with van der Waals surface area (Å²) in [4.78, 5) is 10.1. The average Bonchev–Trinajstić information content (AvgIpc) is 4.02. The molecule has 1 unspecified atom stereocenters. The highest BCUT2D eigenvalue weighted by Crippen LogP contribution is 2.55. The third-order valence-electron chi connectivity index (χ3n) is 11.6. The number of hydrogen-bond donors (Lipinski definition) is 0. The number of thiophene rings is 1. The van der Waals surface area contributed by atoms with Crippen molar-refractivity contribution in [2.45, 2.75) is 31.2 Å². The summed E-state index contributed by atoms with van der Waals surface area (Å²) in [5, 5.41) is 7.67. The first-order valence-electron chi connectivity index (χ1n) is 18.3. The van der Waals surface area contributed by atoms with Gasteiger partial charge in [0.1, 0.15) is 20.2 Å². The van der Waals surface area contributed by atoms with Crippen LogP contribution in [0.1, 0.15) is 43.2 Å². The Balaban J connectivity index is 1.20. The number of hydrogen-bond acceptors (Lipinski definition) is 5. The summed E-state index contributed by atoms with van der Waals surface area (Å²) in [5.41, 5.74) is 8.23. The maximum absolute atomic E-state index is 7.03. The summed E-state index contributed by atoms with van der Waals surface area (Å²) in [7, 11) is 0.475. The highest BCUT2D eigenvalue weighted by molar-refractivity contribution is 7.17. The van der Waals surface area contributed by atoms with Gasteiger partial charge >= 0.3 is 0 Å². The molecule has 6 nitrogen and oxygen atoms in total. The van der Waals surface area contributed by atoms with Crippen molar-refractivity contribution in [3.05, 3.63) is 162 Å². The van der Waals surface area contributed by atoms with E-state index in [1.807, 2.05) is 24.1 Å². The van der Waals surface area contributed by atoms with Crippen LogP contribution in [0.3, 0.4) is 0 Å². The molecule has 8 heteroatoms. The third-order valence-corrected chi connectivity index (χ3v) is 15.8. The van der Waals surface area contributed by atoms with Gasteiger partial charge < -0.3 is 13.4 Å². The van der Waals surface area contributed by atoms with E-state index in [4.69, 9.17) is 13.8 Å². The van der Waals surface area contributed by atoms with Gasteiger partial charge in [0.05, 0.1) is 33.1 Å². The zero-order chi connectivity index (χ0) is 36.3. The van der Waals surface area contributed by atoms with Gasteiger partial charge in [0, 0.05) is 57.0 Å². The van der Waals surface area contributed by atoms with Gasteiger partial charge in [-0.25, -0.2) is 9.97 Å². The van der Waals surface area contributed by atoms with E-state index in [0.717, 1.165) is 54.6 Å². The molecule has 0 aliphatic heterocycles. The standard InChI is InChI=1S/C46H35N4O2SSi/c1-45(2)34-20-12-13-21-35(34)46(3,54(28-15-7-5-8-16-28)29-17-9-6-10-18-29)40-32-24-39(51-44(32)52-42(40)45)50-37-22-14-11-19-30(37)31-23-38-41(48-43(31)50)33(26-53-38)36-25-49(4)27-47-36/h5-27H,1-4H3. The van der Waals surface area contributed by atoms with Crippen LogP contribution in [-0.2, 0) is 17.5 Å². The minimum Gasteiger partial charge on any atom is -0.429 e. The Labute approximate surface area is 317 Å². The van der Waals surface area contributed by atoms with E-state index >= 15 is 0 Å². The first-order chi connectivity index (χ1) is 26.3. The molecule has 0 saturated carbocycles. The highest BCUT2D eigenvalue weighted by Gasteiger charge is 2.53. The molecule has 54 heavy (non-hydrogen) atoms. The number of fused-ring (bicyclic) bond motifs is 8. The van der Waals surface area contributed by atoms with Crippen molar-refractivity contribution in [2.24, 2.45) is 7.05 Å². The van der Waals surface area contributed by atoms with Crippen molar-refractivity contribution in [1.82, 2.24) is 19.1 Å². The average molecular weight is 736 g/mol. The van der Waals surface area contributed by atoms with Crippen LogP contribution in [-0.4, -0.2) is 27.9 Å². The Morgan fingerprint density at radius 2 is 1.41 bits per heavy atom. The van der Waals surface area contributed by atoms with E-state index in [0.29, 0.717) is 11.7 Å². The number of aryl methyl sites for hydroxylation is 1. The van der Waals surface area contributed by atoms with Gasteiger partial charge in [0.15, 0.2) is 0 Å². The monoisotopic (exact) mass is 735 g/mol. The number of benzene rings is 4. The number of imidazole rings is 1. The molecule has 1 aliphatic rings. The zero-order valence-corrected chi connectivity index (χ0v) is 32.1. The van der Waals surface area contributed by atoms with E-state index in [2.05, 4.69) is 157 Å². The lowest BCUT2D eigenvalue weighted by Gasteiger charge is -2.46. The van der Waals surface area contributed by atoms with Gasteiger partial charge in [-0.2, -0.15) is 0 Å². The molecule has 4 aromatic carbocycles. The van der Waals surface area contributed by atoms with E-state index in [1.165, 1.54) is 27.1 Å². The van der Waals surface area contributed by atoms with Gasteiger partial charge in [0.2, 0.25) is 5.88 Å². The first-order valence-corrected chi connectivity index (χ1v) is 20.7. The summed E-state index contributed by atoms with van der Waals surface area (Å²) in [5.74, 6) is 2.20. The Morgan fingerprint density at radius 3 is 2.13 bits per heavy atom. The highest BCUT2D eigenvalue weighted by atomic mass is 32.1. The SMILES string of the molecule is Cn1cnc(-c2csc3cc4c5ccccc5n(-c5cc6c7c(oc6o5)C(C)(C)c5ccccc5C7(C)[Si](c5ccccc5)c5ccccc5)c4nc23)c1. The topological polar surface area (TPSA) is 61.9 Å². The molecule has 0 amide bonds. The molecule has 0 bridgehead atoms. The summed E-state index contributed by atoms with van der Waals surface area (Å²) < 4.78 is 19.2. The van der Waals surface area contributed by atoms with Crippen LogP contribution in [0, 0.1) is 0 Å². The van der Waals surface area contributed by atoms with Gasteiger partial charge in [-0.15, -0.1) is 11.3 Å². The molecular weight excluding hydrogens is 701 g/mol. The lowest BCUT2D eigenvalue weighted by Crippen LogP contribution is -2.60. The fourth-order valence-electron chi connectivity index (χ4n) is 9.14. The summed E-state index contributed by atoms with van der Waals surface area (Å²) in [6.07, 6.45) is 3.88. The fourth-order valence-corrected chi connectivity index (χ4v) is 13.6. The van der Waals surface area contributed by atoms with Crippen molar-refractivity contribution in [3.8, 4) is 17.1 Å². The molecule has 10 aromatic rings. The number of rotatable bonds is 5. The van der Waals surface area contributed by atoms with Crippen molar-refractivity contribution in [3.63, 3.8) is 0 Å². The molecule has 261 valence electrons. The molecule has 1 atom stereocenters. The molecule has 0 fully saturated rings. The molecule has 6 heterocycles. The number of pyridine rings is 1. The maximum Gasteiger partial charge on any atom is 0.299 e. The van der Waals surface area contributed by atoms with Crippen LogP contribution in [0.25, 0.3) is 60.5 Å². The van der Waals surface area contributed by atoms with Gasteiger partial charge in [0.25, 0.3) is 5.78 Å². The minimum absolute atomic E-state index is 0.381. The molecule has 0 saturated heterocycles. The molecule has 1 aliphatic carbocycles. The minimum atomic E-state index is -1.52. The Morgan fingerprint density at radius 1 is 0.722 bits per heavy atom. The van der Waals surface area contributed by atoms with Crippen molar-refractivity contribution >= 4 is 73.8 Å². The van der Waals surface area contributed by atoms with Gasteiger partial charge in [-0.3, -0.25) is 4.57 Å².